The molecular weight excluding hydrogens is 356 g/mol. The number of likely N-dealkylation sites (tertiary alicyclic amines) is 1. The lowest BCUT2D eigenvalue weighted by Gasteiger charge is -2.42. The van der Waals surface area contributed by atoms with Crippen LogP contribution in [0.4, 0.5) is 0 Å². The number of rotatable bonds is 4. The molecule has 11 heteroatoms. The van der Waals surface area contributed by atoms with Gasteiger partial charge < -0.3 is 10.6 Å². The summed E-state index contributed by atoms with van der Waals surface area (Å²) in [5, 5.41) is 0. The van der Waals surface area contributed by atoms with E-state index in [1.807, 2.05) is 0 Å². The first-order valence-electron chi connectivity index (χ1n) is 7.09. The fraction of sp³-hybridized carbons (Fsp3) is 0.385. The van der Waals surface area contributed by atoms with E-state index in [0.717, 1.165) is 0 Å². The number of carbonyl (C=O) groups excluding carboxylic acids is 2. The van der Waals surface area contributed by atoms with E-state index in [0.29, 0.717) is 16.3 Å². The van der Waals surface area contributed by atoms with Crippen LogP contribution >= 0.6 is 12.2 Å². The summed E-state index contributed by atoms with van der Waals surface area (Å²) in [6.45, 7) is 0.261. The molecule has 9 nitrogen and oxygen atoms in total. The normalized spacial score (nSPS) is 23.0. The molecular formula is C13H15N4O5S2+. The zero-order valence-electron chi connectivity index (χ0n) is 12.4. The van der Waals surface area contributed by atoms with Crippen molar-refractivity contribution in [1.82, 2.24) is 9.21 Å². The maximum atomic E-state index is 12.4. The van der Waals surface area contributed by atoms with Crippen LogP contribution in [0.2, 0.25) is 0 Å². The predicted octanol–water partition coefficient (Wildman–Crippen LogP) is -1.78. The van der Waals surface area contributed by atoms with Crippen LogP contribution in [0.25, 0.3) is 0 Å². The fourth-order valence-electron chi connectivity index (χ4n) is 3.07. The number of amides is 2. The second kappa shape index (κ2) is 5.76. The van der Waals surface area contributed by atoms with Crippen LogP contribution in [0.1, 0.15) is 12.0 Å². The van der Waals surface area contributed by atoms with E-state index in [-0.39, 0.29) is 24.0 Å². The Hall–Kier alpha value is -2.11. The van der Waals surface area contributed by atoms with Gasteiger partial charge in [0.2, 0.25) is 6.54 Å². The summed E-state index contributed by atoms with van der Waals surface area (Å²) in [6, 6.07) is 1.85. The highest BCUT2D eigenvalue weighted by Gasteiger charge is 2.60. The number of nitrogens with zero attached hydrogens (tertiary/aromatic N) is 3. The van der Waals surface area contributed by atoms with Crippen LogP contribution in [0.15, 0.2) is 24.5 Å². The van der Waals surface area contributed by atoms with Gasteiger partial charge in [0.25, 0.3) is 11.8 Å². The number of hydrogen-bond acceptors (Lipinski definition) is 5. The van der Waals surface area contributed by atoms with Crippen molar-refractivity contribution in [3.8, 4) is 0 Å². The first kappa shape index (κ1) is 16.7. The molecule has 0 radical (unpaired) electrons. The molecule has 0 aromatic carbocycles. The van der Waals surface area contributed by atoms with Crippen molar-refractivity contribution in [2.45, 2.75) is 25.0 Å². The molecule has 128 valence electrons. The van der Waals surface area contributed by atoms with Crippen LogP contribution in [0.3, 0.4) is 0 Å². The minimum absolute atomic E-state index is 0.0000116. The first-order chi connectivity index (χ1) is 11.2. The van der Waals surface area contributed by atoms with Gasteiger partial charge in [0.15, 0.2) is 12.4 Å². The average molecular weight is 371 g/mol. The lowest BCUT2D eigenvalue weighted by molar-refractivity contribution is -0.685. The molecule has 2 atom stereocenters. The van der Waals surface area contributed by atoms with Crippen molar-refractivity contribution in [3.05, 3.63) is 30.1 Å². The van der Waals surface area contributed by atoms with Crippen molar-refractivity contribution in [2.75, 3.05) is 6.54 Å². The van der Waals surface area contributed by atoms with E-state index in [1.54, 1.807) is 29.1 Å². The topological polar surface area (TPSA) is 125 Å². The molecule has 2 saturated heterocycles. The number of pyridine rings is 1. The van der Waals surface area contributed by atoms with Gasteiger partial charge in [-0.3, -0.25) is 14.1 Å². The second-order valence-electron chi connectivity index (χ2n) is 5.62. The number of aromatic nitrogens is 1. The van der Waals surface area contributed by atoms with Gasteiger partial charge >= 0.3 is 10.3 Å². The highest BCUT2D eigenvalue weighted by atomic mass is 32.2. The summed E-state index contributed by atoms with van der Waals surface area (Å²) in [7, 11) is -4.57. The lowest BCUT2D eigenvalue weighted by Crippen LogP contribution is -2.68. The van der Waals surface area contributed by atoms with Gasteiger partial charge in [0, 0.05) is 24.2 Å². The molecule has 1 aromatic heterocycles. The summed E-state index contributed by atoms with van der Waals surface area (Å²) in [4.78, 5) is 25.9. The molecule has 2 aliphatic rings. The summed E-state index contributed by atoms with van der Waals surface area (Å²) in [6.07, 6.45) is 3.60. The Balaban J connectivity index is 1.69. The van der Waals surface area contributed by atoms with Crippen LogP contribution < -0.4 is 10.3 Å². The minimum atomic E-state index is -4.57. The van der Waals surface area contributed by atoms with Gasteiger partial charge in [-0.15, -0.1) is 0 Å². The van der Waals surface area contributed by atoms with E-state index in [9.17, 15) is 18.0 Å². The zero-order valence-corrected chi connectivity index (χ0v) is 14.0. The number of β-lactam (4-membered cyclic amide) rings is 1. The van der Waals surface area contributed by atoms with Crippen LogP contribution in [0.5, 0.6) is 0 Å². The van der Waals surface area contributed by atoms with E-state index >= 15 is 0 Å². The molecule has 0 unspecified atom stereocenters. The lowest BCUT2D eigenvalue weighted by atomic mass is 10.0. The minimum Gasteiger partial charge on any atom is -0.389 e. The van der Waals surface area contributed by atoms with Crippen molar-refractivity contribution in [3.63, 3.8) is 0 Å². The average Bonchev–Trinajstić information content (AvgIpc) is 2.85. The predicted molar refractivity (Wildman–Crippen MR) is 84.8 cm³/mol. The van der Waals surface area contributed by atoms with Gasteiger partial charge in [-0.25, -0.2) is 4.31 Å². The number of hydrogen-bond donors (Lipinski definition) is 2. The molecule has 2 fully saturated rings. The monoisotopic (exact) mass is 371 g/mol. The Bertz CT molecular complexity index is 823. The number of carbonyl (C=O) groups is 2. The standard InChI is InChI=1S/C13H14N4O5S2/c14-12(23)8-1-4-15(5-2-8)7-10(18)16-6-3-9-11(16)13(19)17(9)24(20,21)22/h1-2,4-5,9,11H,3,6-7H2,(H2-,14,20,21,22,23)/p+1/t9-,11+/m1/s1. The van der Waals surface area contributed by atoms with Gasteiger partial charge in [-0.05, 0) is 6.42 Å². The third kappa shape index (κ3) is 2.74. The molecule has 3 rings (SSSR count). The van der Waals surface area contributed by atoms with Crippen LogP contribution in [0, 0.1) is 0 Å². The highest BCUT2D eigenvalue weighted by molar-refractivity contribution is 7.84. The van der Waals surface area contributed by atoms with Gasteiger partial charge in [0.05, 0.1) is 6.04 Å². The van der Waals surface area contributed by atoms with Gasteiger partial charge in [0.1, 0.15) is 11.0 Å². The Kier molecular flexibility index (Phi) is 4.01. The zero-order chi connectivity index (χ0) is 17.6. The molecule has 0 bridgehead atoms. The summed E-state index contributed by atoms with van der Waals surface area (Å²) < 4.78 is 33.4. The van der Waals surface area contributed by atoms with E-state index in [1.165, 1.54) is 4.90 Å². The fourth-order valence-corrected chi connectivity index (χ4v) is 4.10. The van der Waals surface area contributed by atoms with E-state index in [4.69, 9.17) is 22.5 Å². The van der Waals surface area contributed by atoms with Crippen LogP contribution in [-0.2, 0) is 26.4 Å². The van der Waals surface area contributed by atoms with Crippen LogP contribution in [-0.4, -0.2) is 57.6 Å². The largest absolute Gasteiger partial charge is 0.389 e. The maximum absolute atomic E-state index is 12.4. The van der Waals surface area contributed by atoms with Gasteiger partial charge in [-0.2, -0.15) is 13.0 Å². The molecule has 0 spiro atoms. The second-order valence-corrected chi connectivity index (χ2v) is 7.35. The molecule has 0 saturated carbocycles. The Morgan fingerprint density at radius 1 is 1.42 bits per heavy atom. The van der Waals surface area contributed by atoms with Crippen molar-refractivity contribution in [2.24, 2.45) is 5.73 Å². The summed E-state index contributed by atoms with van der Waals surface area (Å²) in [5.41, 5.74) is 6.18. The number of nitrogens with two attached hydrogens (primary N) is 1. The third-order valence-corrected chi connectivity index (χ3v) is 5.38. The molecule has 24 heavy (non-hydrogen) atoms. The Morgan fingerprint density at radius 2 is 2.04 bits per heavy atom. The highest BCUT2D eigenvalue weighted by Crippen LogP contribution is 2.35. The molecule has 0 aliphatic carbocycles. The molecule has 1 aromatic rings. The van der Waals surface area contributed by atoms with E-state index in [2.05, 4.69) is 0 Å². The molecule has 2 amide bonds. The van der Waals surface area contributed by atoms with Crippen molar-refractivity contribution in [1.29, 1.82) is 0 Å². The Morgan fingerprint density at radius 3 is 2.58 bits per heavy atom. The maximum Gasteiger partial charge on any atom is 0.362 e. The first-order valence-corrected chi connectivity index (χ1v) is 8.90. The molecule has 2 aliphatic heterocycles. The van der Waals surface area contributed by atoms with Gasteiger partial charge in [-0.1, -0.05) is 12.2 Å². The number of fused-ring (bicyclic) bond motifs is 1. The smallest absolute Gasteiger partial charge is 0.362 e. The quantitative estimate of drug-likeness (QED) is 0.277. The number of thiocarbonyl (C=S) groups is 1. The summed E-state index contributed by atoms with van der Waals surface area (Å²) in [5.74, 6) is -1.08. The molecule has 3 N–H and O–H groups in total. The SMILES string of the molecule is NC(=S)c1cc[n+](CC(=O)N2CC[C@@H]3[C@H]2C(=O)N3S(=O)(=O)O)cc1. The van der Waals surface area contributed by atoms with E-state index < -0.39 is 28.3 Å². The Labute approximate surface area is 143 Å². The molecule has 3 heterocycles. The van der Waals surface area contributed by atoms with Crippen molar-refractivity contribution >= 4 is 39.3 Å². The summed E-state index contributed by atoms with van der Waals surface area (Å²) >= 11 is 4.85. The van der Waals surface area contributed by atoms with Crippen molar-refractivity contribution < 1.29 is 27.1 Å². The third-order valence-electron chi connectivity index (χ3n) is 4.20.